The van der Waals surface area contributed by atoms with Gasteiger partial charge in [-0.2, -0.15) is 0 Å². The first kappa shape index (κ1) is 18.1. The minimum atomic E-state index is -0.227. The van der Waals surface area contributed by atoms with Gasteiger partial charge in [0.05, 0.1) is 6.04 Å². The van der Waals surface area contributed by atoms with E-state index in [0.717, 1.165) is 35.2 Å². The van der Waals surface area contributed by atoms with E-state index in [-0.39, 0.29) is 17.8 Å². The molecule has 3 atom stereocenters. The number of hydrogen-bond donors (Lipinski definition) is 0. The summed E-state index contributed by atoms with van der Waals surface area (Å²) >= 11 is 0. The van der Waals surface area contributed by atoms with E-state index in [1.807, 2.05) is 43.3 Å². The highest BCUT2D eigenvalue weighted by atomic mass is 19.1. The molecule has 0 radical (unpaired) electrons. The molecule has 0 saturated carbocycles. The zero-order valence-electron chi connectivity index (χ0n) is 16.7. The fourth-order valence-corrected chi connectivity index (χ4v) is 5.26. The van der Waals surface area contributed by atoms with Crippen LogP contribution < -0.4 is 0 Å². The molecule has 1 saturated heterocycles. The molecule has 0 spiro atoms. The number of amides is 1. The lowest BCUT2D eigenvalue weighted by atomic mass is 9.85. The quantitative estimate of drug-likeness (QED) is 0.520. The summed E-state index contributed by atoms with van der Waals surface area (Å²) in [5.41, 5.74) is 6.51. The molecule has 146 valence electrons. The Hall–Kier alpha value is -2.94. The van der Waals surface area contributed by atoms with Gasteiger partial charge in [0.2, 0.25) is 0 Å². The lowest BCUT2D eigenvalue weighted by Gasteiger charge is -2.38. The Labute approximate surface area is 171 Å². The molecule has 3 aromatic carbocycles. The van der Waals surface area contributed by atoms with E-state index in [0.29, 0.717) is 11.8 Å². The molecular formula is C26H24FNO. The average molecular weight is 385 g/mol. The normalized spacial score (nSPS) is 22.4. The summed E-state index contributed by atoms with van der Waals surface area (Å²) in [5.74, 6) is 0.793. The number of halogens is 1. The predicted molar refractivity (Wildman–Crippen MR) is 113 cm³/mol. The Morgan fingerprint density at radius 3 is 2.45 bits per heavy atom. The van der Waals surface area contributed by atoms with Crippen molar-refractivity contribution in [1.29, 1.82) is 0 Å². The van der Waals surface area contributed by atoms with Crippen molar-refractivity contribution in [2.45, 2.75) is 32.2 Å². The number of carbonyl (C=O) groups excluding carboxylic acids is 1. The van der Waals surface area contributed by atoms with Gasteiger partial charge in [-0.25, -0.2) is 4.39 Å². The molecule has 5 rings (SSSR count). The molecule has 1 aliphatic carbocycles. The van der Waals surface area contributed by atoms with Gasteiger partial charge >= 0.3 is 0 Å². The Morgan fingerprint density at radius 2 is 1.69 bits per heavy atom. The van der Waals surface area contributed by atoms with Gasteiger partial charge < -0.3 is 4.90 Å². The van der Waals surface area contributed by atoms with Crippen LogP contribution in [0.3, 0.4) is 0 Å². The standard InChI is InChI=1S/C26H24FNO/c1-16-5-3-4-6-21(16)26(29)28-14-13-22-17(2)25(28)24-15-19(9-12-23(22)24)18-7-10-20(27)11-8-18/h3-12,15,17,22,25H,13-14H2,1-2H3/t17-,22?,25?/m0/s1. The molecule has 29 heavy (non-hydrogen) atoms. The Kier molecular flexibility index (Phi) is 4.27. The van der Waals surface area contributed by atoms with Crippen molar-refractivity contribution < 1.29 is 9.18 Å². The lowest BCUT2D eigenvalue weighted by molar-refractivity contribution is 0.0523. The summed E-state index contributed by atoms with van der Waals surface area (Å²) in [6.07, 6.45) is 0.998. The van der Waals surface area contributed by atoms with Gasteiger partial charge in [0, 0.05) is 12.1 Å². The zero-order chi connectivity index (χ0) is 20.1. The van der Waals surface area contributed by atoms with Gasteiger partial charge in [0.25, 0.3) is 5.91 Å². The zero-order valence-corrected chi connectivity index (χ0v) is 16.7. The maximum absolute atomic E-state index is 13.4. The second-order valence-electron chi connectivity index (χ2n) is 8.36. The smallest absolute Gasteiger partial charge is 0.254 e. The summed E-state index contributed by atoms with van der Waals surface area (Å²) < 4.78 is 13.3. The van der Waals surface area contributed by atoms with Crippen LogP contribution in [0.5, 0.6) is 0 Å². The average Bonchev–Trinajstić information content (AvgIpc) is 2.89. The van der Waals surface area contributed by atoms with E-state index in [4.69, 9.17) is 0 Å². The molecule has 0 aromatic heterocycles. The molecule has 1 amide bonds. The summed E-state index contributed by atoms with van der Waals surface area (Å²) in [7, 11) is 0. The minimum absolute atomic E-state index is 0.0938. The monoisotopic (exact) mass is 385 g/mol. The Bertz CT molecular complexity index is 1090. The van der Waals surface area contributed by atoms with Gasteiger partial charge in [-0.15, -0.1) is 0 Å². The van der Waals surface area contributed by atoms with Crippen LogP contribution in [0.25, 0.3) is 11.1 Å². The first-order chi connectivity index (χ1) is 14.0. The molecule has 0 N–H and O–H groups in total. The second kappa shape index (κ2) is 6.84. The lowest BCUT2D eigenvalue weighted by Crippen LogP contribution is -2.41. The topological polar surface area (TPSA) is 20.3 Å². The van der Waals surface area contributed by atoms with Crippen LogP contribution in [-0.2, 0) is 0 Å². The fraction of sp³-hybridized carbons (Fsp3) is 0.269. The van der Waals surface area contributed by atoms with Crippen LogP contribution in [0.4, 0.5) is 4.39 Å². The molecule has 2 nitrogen and oxygen atoms in total. The third-order valence-electron chi connectivity index (χ3n) is 6.77. The summed E-state index contributed by atoms with van der Waals surface area (Å²) in [4.78, 5) is 15.5. The number of carbonyl (C=O) groups is 1. The van der Waals surface area contributed by atoms with E-state index in [2.05, 4.69) is 30.0 Å². The summed E-state index contributed by atoms with van der Waals surface area (Å²) in [6.45, 7) is 5.05. The van der Waals surface area contributed by atoms with Gasteiger partial charge in [-0.3, -0.25) is 4.79 Å². The van der Waals surface area contributed by atoms with Gasteiger partial charge in [0.15, 0.2) is 0 Å². The number of benzene rings is 3. The highest BCUT2D eigenvalue weighted by Crippen LogP contribution is 2.53. The molecule has 1 heterocycles. The van der Waals surface area contributed by atoms with Crippen molar-refractivity contribution in [3.8, 4) is 11.1 Å². The maximum Gasteiger partial charge on any atom is 0.254 e. The van der Waals surface area contributed by atoms with E-state index in [9.17, 15) is 9.18 Å². The van der Waals surface area contributed by atoms with E-state index in [1.54, 1.807) is 0 Å². The fourth-order valence-electron chi connectivity index (χ4n) is 5.26. The van der Waals surface area contributed by atoms with Crippen LogP contribution in [0.15, 0.2) is 66.7 Å². The van der Waals surface area contributed by atoms with Crippen molar-refractivity contribution in [2.24, 2.45) is 5.92 Å². The largest absolute Gasteiger partial charge is 0.331 e. The third kappa shape index (κ3) is 2.88. The molecule has 2 aliphatic rings. The van der Waals surface area contributed by atoms with E-state index in [1.165, 1.54) is 23.3 Å². The number of nitrogens with zero attached hydrogens (tertiary/aromatic N) is 1. The Morgan fingerprint density at radius 1 is 0.966 bits per heavy atom. The van der Waals surface area contributed by atoms with Crippen molar-refractivity contribution in [1.82, 2.24) is 4.90 Å². The van der Waals surface area contributed by atoms with Gasteiger partial charge in [-0.05, 0) is 77.3 Å². The molecular weight excluding hydrogens is 361 g/mol. The highest BCUT2D eigenvalue weighted by Gasteiger charge is 2.46. The number of hydrogen-bond acceptors (Lipinski definition) is 1. The minimum Gasteiger partial charge on any atom is -0.331 e. The van der Waals surface area contributed by atoms with Crippen LogP contribution in [-0.4, -0.2) is 17.4 Å². The highest BCUT2D eigenvalue weighted by molar-refractivity contribution is 5.96. The first-order valence-electron chi connectivity index (χ1n) is 10.3. The van der Waals surface area contributed by atoms with E-state index < -0.39 is 0 Å². The molecule has 3 heteroatoms. The summed E-state index contributed by atoms with van der Waals surface area (Å²) in [6, 6.07) is 21.1. The SMILES string of the molecule is Cc1ccccc1C(=O)N1CCC2c3ccc(-c4ccc(F)cc4)cc3C1[C@H]2C. The van der Waals surface area contributed by atoms with Gasteiger partial charge in [-0.1, -0.05) is 49.4 Å². The molecule has 3 aromatic rings. The predicted octanol–water partition coefficient (Wildman–Crippen LogP) is 6.12. The number of likely N-dealkylation sites (tertiary alicyclic amines) is 1. The van der Waals surface area contributed by atoms with Crippen molar-refractivity contribution >= 4 is 5.91 Å². The number of rotatable bonds is 2. The van der Waals surface area contributed by atoms with Crippen molar-refractivity contribution in [3.63, 3.8) is 0 Å². The third-order valence-corrected chi connectivity index (χ3v) is 6.77. The molecule has 2 unspecified atom stereocenters. The first-order valence-corrected chi connectivity index (χ1v) is 10.3. The van der Waals surface area contributed by atoms with Crippen LogP contribution in [0.2, 0.25) is 0 Å². The number of aryl methyl sites for hydroxylation is 1. The number of piperidine rings is 1. The second-order valence-corrected chi connectivity index (χ2v) is 8.36. The van der Waals surface area contributed by atoms with Crippen molar-refractivity contribution in [2.75, 3.05) is 6.54 Å². The maximum atomic E-state index is 13.4. The van der Waals surface area contributed by atoms with Crippen molar-refractivity contribution in [3.05, 3.63) is 94.8 Å². The molecule has 1 aliphatic heterocycles. The van der Waals surface area contributed by atoms with Crippen LogP contribution >= 0.6 is 0 Å². The van der Waals surface area contributed by atoms with Crippen LogP contribution in [0, 0.1) is 18.7 Å². The Balaban J connectivity index is 1.56. The summed E-state index contributed by atoms with van der Waals surface area (Å²) in [5, 5.41) is 0. The van der Waals surface area contributed by atoms with Crippen LogP contribution in [0.1, 0.15) is 52.4 Å². The molecule has 1 fully saturated rings. The number of fused-ring (bicyclic) bond motifs is 5. The van der Waals surface area contributed by atoms with E-state index >= 15 is 0 Å². The molecule has 2 bridgehead atoms. The van der Waals surface area contributed by atoms with Gasteiger partial charge in [0.1, 0.15) is 5.82 Å².